The van der Waals surface area contributed by atoms with E-state index in [1.54, 1.807) is 25.4 Å². The van der Waals surface area contributed by atoms with Gasteiger partial charge >= 0.3 is 0 Å². The van der Waals surface area contributed by atoms with Crippen molar-refractivity contribution in [1.29, 1.82) is 0 Å². The standard InChI is InChI=1S/C23H18FN5O/c1-3-15-10-16(6-9-19(15)24)23-28-20-13-27-21(11-18(20)22(25)29-23)26-12-14-4-7-17(30-2)8-5-14/h1,4-11,13H,12H2,2H3,(H,26,27)(H2,25,28,29). The molecule has 0 atom stereocenters. The third-order valence-corrected chi connectivity index (χ3v) is 4.62. The number of hydrogen-bond donors (Lipinski definition) is 2. The van der Waals surface area contributed by atoms with E-state index in [-0.39, 0.29) is 5.56 Å². The van der Waals surface area contributed by atoms with Crippen molar-refractivity contribution in [2.45, 2.75) is 6.54 Å². The Morgan fingerprint density at radius 1 is 1.13 bits per heavy atom. The molecule has 4 rings (SSSR count). The van der Waals surface area contributed by atoms with Gasteiger partial charge in [0.2, 0.25) is 0 Å². The zero-order valence-corrected chi connectivity index (χ0v) is 16.2. The summed E-state index contributed by atoms with van der Waals surface area (Å²) in [5, 5.41) is 3.93. The Kier molecular flexibility index (Phi) is 5.14. The Bertz CT molecular complexity index is 1270. The number of pyridine rings is 1. The fourth-order valence-electron chi connectivity index (χ4n) is 2.99. The van der Waals surface area contributed by atoms with E-state index in [1.807, 2.05) is 24.3 Å². The van der Waals surface area contributed by atoms with Crippen molar-refractivity contribution in [3.8, 4) is 29.5 Å². The molecule has 6 nitrogen and oxygen atoms in total. The van der Waals surface area contributed by atoms with Crippen LogP contribution in [0.15, 0.2) is 54.7 Å². The number of aromatic nitrogens is 3. The summed E-state index contributed by atoms with van der Waals surface area (Å²) in [6.45, 7) is 0.589. The van der Waals surface area contributed by atoms with Gasteiger partial charge < -0.3 is 15.8 Å². The van der Waals surface area contributed by atoms with Crippen LogP contribution in [0, 0.1) is 18.2 Å². The van der Waals surface area contributed by atoms with Crippen LogP contribution in [0.3, 0.4) is 0 Å². The Morgan fingerprint density at radius 2 is 1.93 bits per heavy atom. The number of benzene rings is 2. The summed E-state index contributed by atoms with van der Waals surface area (Å²) >= 11 is 0. The summed E-state index contributed by atoms with van der Waals surface area (Å²) in [6.07, 6.45) is 6.96. The van der Waals surface area contributed by atoms with Crippen LogP contribution in [0.1, 0.15) is 11.1 Å². The highest BCUT2D eigenvalue weighted by Crippen LogP contribution is 2.26. The molecule has 0 aliphatic rings. The molecule has 0 bridgehead atoms. The Balaban J connectivity index is 1.60. The lowest BCUT2D eigenvalue weighted by Gasteiger charge is -2.10. The molecule has 0 saturated carbocycles. The number of anilines is 2. The number of nitrogen functional groups attached to an aromatic ring is 1. The molecule has 4 aromatic rings. The zero-order valence-electron chi connectivity index (χ0n) is 16.2. The first kappa shape index (κ1) is 19.2. The van der Waals surface area contributed by atoms with Crippen molar-refractivity contribution in [1.82, 2.24) is 15.0 Å². The lowest BCUT2D eigenvalue weighted by atomic mass is 10.1. The first-order chi connectivity index (χ1) is 14.6. The number of rotatable bonds is 5. The highest BCUT2D eigenvalue weighted by atomic mass is 19.1. The minimum absolute atomic E-state index is 0.144. The Morgan fingerprint density at radius 3 is 2.67 bits per heavy atom. The number of nitrogens with zero attached hydrogens (tertiary/aromatic N) is 3. The molecule has 0 saturated heterocycles. The molecule has 30 heavy (non-hydrogen) atoms. The van der Waals surface area contributed by atoms with Gasteiger partial charge in [0.25, 0.3) is 0 Å². The number of nitrogens with one attached hydrogen (secondary N) is 1. The average Bonchev–Trinajstić information content (AvgIpc) is 2.78. The second kappa shape index (κ2) is 8.05. The third kappa shape index (κ3) is 3.84. The van der Waals surface area contributed by atoms with Crippen molar-refractivity contribution >= 4 is 22.5 Å². The lowest BCUT2D eigenvalue weighted by molar-refractivity contribution is 0.414. The molecule has 0 fully saturated rings. The van der Waals surface area contributed by atoms with E-state index in [1.165, 1.54) is 12.1 Å². The number of ether oxygens (including phenoxy) is 1. The van der Waals surface area contributed by atoms with Crippen molar-refractivity contribution in [3.05, 3.63) is 71.7 Å². The van der Waals surface area contributed by atoms with Crippen LogP contribution in [-0.4, -0.2) is 22.1 Å². The molecule has 2 heterocycles. The SMILES string of the molecule is C#Cc1cc(-c2nc(N)c3cc(NCc4ccc(OC)cc4)ncc3n2)ccc1F. The molecular formula is C23H18FN5O. The molecule has 7 heteroatoms. The maximum atomic E-state index is 13.7. The summed E-state index contributed by atoms with van der Waals surface area (Å²) in [6, 6.07) is 13.9. The molecule has 0 unspecified atom stereocenters. The number of fused-ring (bicyclic) bond motifs is 1. The van der Waals surface area contributed by atoms with Crippen molar-refractivity contribution in [3.63, 3.8) is 0 Å². The van der Waals surface area contributed by atoms with Crippen LogP contribution in [0.2, 0.25) is 0 Å². The van der Waals surface area contributed by atoms with E-state index >= 15 is 0 Å². The number of terminal acetylenes is 1. The molecule has 0 radical (unpaired) electrons. The number of hydrogen-bond acceptors (Lipinski definition) is 6. The van der Waals surface area contributed by atoms with E-state index in [4.69, 9.17) is 16.9 Å². The first-order valence-electron chi connectivity index (χ1n) is 9.14. The van der Waals surface area contributed by atoms with Gasteiger partial charge in [-0.05, 0) is 42.0 Å². The van der Waals surface area contributed by atoms with E-state index in [0.717, 1.165) is 11.3 Å². The highest BCUT2D eigenvalue weighted by molar-refractivity contribution is 5.90. The molecule has 2 aromatic heterocycles. The van der Waals surface area contributed by atoms with E-state index < -0.39 is 5.82 Å². The summed E-state index contributed by atoms with van der Waals surface area (Å²) in [5.74, 6) is 3.96. The summed E-state index contributed by atoms with van der Waals surface area (Å²) in [4.78, 5) is 13.3. The molecule has 148 valence electrons. The van der Waals surface area contributed by atoms with Crippen LogP contribution in [0.5, 0.6) is 5.75 Å². The molecule has 0 aliphatic heterocycles. The fourth-order valence-corrected chi connectivity index (χ4v) is 2.99. The summed E-state index contributed by atoms with van der Waals surface area (Å²) in [7, 11) is 1.63. The monoisotopic (exact) mass is 399 g/mol. The smallest absolute Gasteiger partial charge is 0.162 e. The first-order valence-corrected chi connectivity index (χ1v) is 9.14. The summed E-state index contributed by atoms with van der Waals surface area (Å²) in [5.41, 5.74) is 8.56. The maximum absolute atomic E-state index is 13.7. The van der Waals surface area contributed by atoms with Crippen LogP contribution in [0.25, 0.3) is 22.3 Å². The van der Waals surface area contributed by atoms with Crippen LogP contribution in [-0.2, 0) is 6.54 Å². The maximum Gasteiger partial charge on any atom is 0.162 e. The van der Waals surface area contributed by atoms with Gasteiger partial charge in [0.1, 0.15) is 23.2 Å². The quantitative estimate of drug-likeness (QED) is 0.493. The van der Waals surface area contributed by atoms with Crippen molar-refractivity contribution < 1.29 is 9.13 Å². The predicted molar refractivity (Wildman–Crippen MR) is 115 cm³/mol. The van der Waals surface area contributed by atoms with Crippen molar-refractivity contribution in [2.24, 2.45) is 0 Å². The average molecular weight is 399 g/mol. The fraction of sp³-hybridized carbons (Fsp3) is 0.0870. The van der Waals surface area contributed by atoms with E-state index in [2.05, 4.69) is 26.2 Å². The van der Waals surface area contributed by atoms with E-state index in [9.17, 15) is 4.39 Å². The van der Waals surface area contributed by atoms with Crippen LogP contribution >= 0.6 is 0 Å². The third-order valence-electron chi connectivity index (χ3n) is 4.62. The molecule has 3 N–H and O–H groups in total. The second-order valence-corrected chi connectivity index (χ2v) is 6.56. The van der Waals surface area contributed by atoms with Gasteiger partial charge in [-0.3, -0.25) is 0 Å². The molecular weight excluding hydrogens is 381 g/mol. The molecule has 2 aromatic carbocycles. The van der Waals surface area contributed by atoms with Crippen molar-refractivity contribution in [2.75, 3.05) is 18.2 Å². The van der Waals surface area contributed by atoms with Gasteiger partial charge in [0.15, 0.2) is 5.82 Å². The van der Waals surface area contributed by atoms with E-state index in [0.29, 0.717) is 40.5 Å². The molecule has 0 spiro atoms. The van der Waals surface area contributed by atoms with Gasteiger partial charge in [0, 0.05) is 17.5 Å². The lowest BCUT2D eigenvalue weighted by Crippen LogP contribution is -2.03. The molecule has 0 aliphatic carbocycles. The van der Waals surface area contributed by atoms with Gasteiger partial charge in [-0.15, -0.1) is 6.42 Å². The van der Waals surface area contributed by atoms with Crippen LogP contribution < -0.4 is 15.8 Å². The second-order valence-electron chi connectivity index (χ2n) is 6.56. The minimum Gasteiger partial charge on any atom is -0.497 e. The minimum atomic E-state index is -0.468. The van der Waals surface area contributed by atoms with Crippen LogP contribution in [0.4, 0.5) is 16.0 Å². The summed E-state index contributed by atoms with van der Waals surface area (Å²) < 4.78 is 18.8. The Hall–Kier alpha value is -4.18. The predicted octanol–water partition coefficient (Wildman–Crippen LogP) is 4.02. The highest BCUT2D eigenvalue weighted by Gasteiger charge is 2.11. The number of methoxy groups -OCH3 is 1. The van der Waals surface area contributed by atoms with Gasteiger partial charge in [-0.1, -0.05) is 18.1 Å². The van der Waals surface area contributed by atoms with Gasteiger partial charge in [-0.25, -0.2) is 19.3 Å². The molecule has 0 amide bonds. The number of nitrogens with two attached hydrogens (primary N) is 1. The normalized spacial score (nSPS) is 10.6. The topological polar surface area (TPSA) is 86.0 Å². The largest absolute Gasteiger partial charge is 0.497 e. The van der Waals surface area contributed by atoms with Gasteiger partial charge in [0.05, 0.1) is 24.4 Å². The zero-order chi connectivity index (χ0) is 21.1. The Labute approximate surface area is 173 Å². The number of halogens is 1. The van der Waals surface area contributed by atoms with Gasteiger partial charge in [-0.2, -0.15) is 0 Å².